The lowest BCUT2D eigenvalue weighted by atomic mass is 10.0. The van der Waals surface area contributed by atoms with E-state index in [4.69, 9.17) is 5.73 Å². The van der Waals surface area contributed by atoms with Crippen molar-refractivity contribution in [1.82, 2.24) is 4.90 Å². The number of aryl methyl sites for hydroxylation is 1. The lowest BCUT2D eigenvalue weighted by Crippen LogP contribution is -2.39. The van der Waals surface area contributed by atoms with Crippen LogP contribution in [0, 0.1) is 18.8 Å². The quantitative estimate of drug-likeness (QED) is 0.849. The maximum absolute atomic E-state index is 12.9. The van der Waals surface area contributed by atoms with Crippen LogP contribution in [0.3, 0.4) is 0 Å². The summed E-state index contributed by atoms with van der Waals surface area (Å²) in [6.45, 7) is 6.61. The van der Waals surface area contributed by atoms with E-state index in [9.17, 15) is 4.79 Å². The molecular weight excluding hydrogens is 260 g/mol. The molecular formula is C18H24N2O. The van der Waals surface area contributed by atoms with Crippen LogP contribution < -0.4 is 5.73 Å². The Hall–Kier alpha value is -1.79. The van der Waals surface area contributed by atoms with Crippen LogP contribution in [0.25, 0.3) is 0 Å². The topological polar surface area (TPSA) is 46.3 Å². The van der Waals surface area contributed by atoms with Gasteiger partial charge in [0, 0.05) is 23.2 Å². The molecule has 1 saturated heterocycles. The summed E-state index contributed by atoms with van der Waals surface area (Å²) in [4.78, 5) is 14.9. The molecule has 1 amide bonds. The summed E-state index contributed by atoms with van der Waals surface area (Å²) in [5, 5.41) is 0. The molecule has 1 heterocycles. The van der Waals surface area contributed by atoms with E-state index in [2.05, 4.69) is 30.6 Å². The number of nitrogens with zero attached hydrogens (tertiary/aromatic N) is 1. The molecule has 2 unspecified atom stereocenters. The Morgan fingerprint density at radius 3 is 2.81 bits per heavy atom. The summed E-state index contributed by atoms with van der Waals surface area (Å²) in [5.74, 6) is 6.00. The van der Waals surface area contributed by atoms with Crippen LogP contribution in [0.5, 0.6) is 0 Å². The van der Waals surface area contributed by atoms with Crippen LogP contribution in [0.15, 0.2) is 18.2 Å². The van der Waals surface area contributed by atoms with Crippen molar-refractivity contribution in [3.63, 3.8) is 0 Å². The first-order valence-electron chi connectivity index (χ1n) is 7.70. The van der Waals surface area contributed by atoms with E-state index in [1.54, 1.807) is 0 Å². The van der Waals surface area contributed by atoms with E-state index >= 15 is 0 Å². The molecule has 112 valence electrons. The van der Waals surface area contributed by atoms with Gasteiger partial charge in [-0.15, -0.1) is 0 Å². The highest BCUT2D eigenvalue weighted by Gasteiger charge is 2.33. The highest BCUT2D eigenvalue weighted by molar-refractivity contribution is 5.95. The largest absolute Gasteiger partial charge is 0.333 e. The highest BCUT2D eigenvalue weighted by atomic mass is 16.2. The van der Waals surface area contributed by atoms with Gasteiger partial charge < -0.3 is 10.6 Å². The van der Waals surface area contributed by atoms with Crippen LogP contribution in [0.4, 0.5) is 0 Å². The van der Waals surface area contributed by atoms with Gasteiger partial charge in [0.15, 0.2) is 0 Å². The number of hydrogen-bond acceptors (Lipinski definition) is 2. The van der Waals surface area contributed by atoms with Gasteiger partial charge in [-0.1, -0.05) is 18.8 Å². The first kappa shape index (κ1) is 15.6. The normalized spacial score (nSPS) is 21.0. The Kier molecular flexibility index (Phi) is 5.03. The lowest BCUT2D eigenvalue weighted by Gasteiger charge is -2.28. The molecule has 0 radical (unpaired) electrons. The van der Waals surface area contributed by atoms with Crippen LogP contribution in [0.1, 0.15) is 54.6 Å². The molecule has 2 N–H and O–H groups in total. The molecule has 2 atom stereocenters. The third-order valence-electron chi connectivity index (χ3n) is 4.15. The third kappa shape index (κ3) is 3.46. The molecule has 3 nitrogen and oxygen atoms in total. The second-order valence-corrected chi connectivity index (χ2v) is 5.79. The second kappa shape index (κ2) is 6.78. The Bertz CT molecular complexity index is 583. The molecule has 1 aliphatic heterocycles. The van der Waals surface area contributed by atoms with E-state index in [0.717, 1.165) is 36.0 Å². The first-order valence-corrected chi connectivity index (χ1v) is 7.70. The molecule has 1 fully saturated rings. The van der Waals surface area contributed by atoms with Crippen LogP contribution in [0.2, 0.25) is 0 Å². The molecule has 1 aliphatic rings. The van der Waals surface area contributed by atoms with Crippen molar-refractivity contribution in [2.24, 2.45) is 5.73 Å². The number of hydrogen-bond donors (Lipinski definition) is 1. The standard InChI is InChI=1S/C18H24N2O/c1-4-17-8-7-14(3)20(17)18(21)16-11-13(2)10-15(12-16)6-5-9-19/h10-12,14,17H,4,7-9,19H2,1-3H3. The number of likely N-dealkylation sites (tertiary alicyclic amines) is 1. The van der Waals surface area contributed by atoms with E-state index in [-0.39, 0.29) is 5.91 Å². The van der Waals surface area contributed by atoms with Crippen molar-refractivity contribution in [2.45, 2.75) is 52.1 Å². The van der Waals surface area contributed by atoms with E-state index in [1.165, 1.54) is 0 Å². The summed E-state index contributed by atoms with van der Waals surface area (Å²) < 4.78 is 0. The van der Waals surface area contributed by atoms with Crippen molar-refractivity contribution in [3.05, 3.63) is 34.9 Å². The molecule has 1 aromatic carbocycles. The van der Waals surface area contributed by atoms with Crippen molar-refractivity contribution in [2.75, 3.05) is 6.54 Å². The van der Waals surface area contributed by atoms with Gasteiger partial charge in [0.2, 0.25) is 0 Å². The number of carbonyl (C=O) groups is 1. The van der Waals surface area contributed by atoms with Gasteiger partial charge in [0.25, 0.3) is 5.91 Å². The summed E-state index contributed by atoms with van der Waals surface area (Å²) in [6.07, 6.45) is 3.21. The Morgan fingerprint density at radius 2 is 2.14 bits per heavy atom. The van der Waals surface area contributed by atoms with Gasteiger partial charge >= 0.3 is 0 Å². The molecule has 3 heteroatoms. The Morgan fingerprint density at radius 1 is 1.38 bits per heavy atom. The van der Waals surface area contributed by atoms with E-state index in [1.807, 2.05) is 25.1 Å². The predicted molar refractivity (Wildman–Crippen MR) is 86.1 cm³/mol. The number of amides is 1. The van der Waals surface area contributed by atoms with Gasteiger partial charge in [0.05, 0.1) is 6.54 Å². The summed E-state index contributed by atoms with van der Waals surface area (Å²) >= 11 is 0. The molecule has 0 aromatic heterocycles. The Labute approximate surface area is 127 Å². The van der Waals surface area contributed by atoms with Crippen molar-refractivity contribution in [3.8, 4) is 11.8 Å². The van der Waals surface area contributed by atoms with Gasteiger partial charge in [-0.2, -0.15) is 0 Å². The van der Waals surface area contributed by atoms with Gasteiger partial charge in [-0.25, -0.2) is 0 Å². The van der Waals surface area contributed by atoms with E-state index < -0.39 is 0 Å². The SMILES string of the molecule is CCC1CCC(C)N1C(=O)c1cc(C)cc(C#CCN)c1. The van der Waals surface area contributed by atoms with Gasteiger partial charge in [-0.3, -0.25) is 4.79 Å². The van der Waals surface area contributed by atoms with Crippen LogP contribution >= 0.6 is 0 Å². The third-order valence-corrected chi connectivity index (χ3v) is 4.15. The van der Waals surface area contributed by atoms with Crippen molar-refractivity contribution >= 4 is 5.91 Å². The van der Waals surface area contributed by atoms with Crippen LogP contribution in [-0.4, -0.2) is 29.4 Å². The summed E-state index contributed by atoms with van der Waals surface area (Å²) in [6, 6.07) is 6.52. The van der Waals surface area contributed by atoms with Gasteiger partial charge in [0.1, 0.15) is 0 Å². The maximum Gasteiger partial charge on any atom is 0.254 e. The average Bonchev–Trinajstić information content (AvgIpc) is 2.84. The zero-order valence-corrected chi connectivity index (χ0v) is 13.1. The van der Waals surface area contributed by atoms with E-state index in [0.29, 0.717) is 18.6 Å². The molecule has 2 rings (SSSR count). The minimum Gasteiger partial charge on any atom is -0.333 e. The Balaban J connectivity index is 2.32. The number of benzene rings is 1. The summed E-state index contributed by atoms with van der Waals surface area (Å²) in [5.41, 5.74) is 8.08. The zero-order valence-electron chi connectivity index (χ0n) is 13.1. The second-order valence-electron chi connectivity index (χ2n) is 5.79. The molecule has 0 saturated carbocycles. The smallest absolute Gasteiger partial charge is 0.254 e. The van der Waals surface area contributed by atoms with Crippen molar-refractivity contribution in [1.29, 1.82) is 0 Å². The minimum absolute atomic E-state index is 0.131. The summed E-state index contributed by atoms with van der Waals surface area (Å²) in [7, 11) is 0. The van der Waals surface area contributed by atoms with Crippen LogP contribution in [-0.2, 0) is 0 Å². The zero-order chi connectivity index (χ0) is 15.4. The maximum atomic E-state index is 12.9. The monoisotopic (exact) mass is 284 g/mol. The number of carbonyl (C=O) groups excluding carboxylic acids is 1. The fourth-order valence-corrected chi connectivity index (χ4v) is 3.12. The average molecular weight is 284 g/mol. The first-order chi connectivity index (χ1) is 10.1. The lowest BCUT2D eigenvalue weighted by molar-refractivity contribution is 0.0676. The minimum atomic E-state index is 0.131. The predicted octanol–water partition coefficient (Wildman–Crippen LogP) is 2.71. The number of nitrogens with two attached hydrogens (primary N) is 1. The molecule has 21 heavy (non-hydrogen) atoms. The van der Waals surface area contributed by atoms with Gasteiger partial charge in [-0.05, 0) is 56.9 Å². The molecule has 0 spiro atoms. The molecule has 0 aliphatic carbocycles. The highest BCUT2D eigenvalue weighted by Crippen LogP contribution is 2.28. The fraction of sp³-hybridized carbons (Fsp3) is 0.500. The fourth-order valence-electron chi connectivity index (χ4n) is 3.12. The number of rotatable bonds is 2. The molecule has 1 aromatic rings. The van der Waals surface area contributed by atoms with Crippen molar-refractivity contribution < 1.29 is 4.79 Å². The molecule has 0 bridgehead atoms.